The zero-order valence-electron chi connectivity index (χ0n) is 20.4. The fourth-order valence-corrected chi connectivity index (χ4v) is 4.45. The van der Waals surface area contributed by atoms with Gasteiger partial charge in [-0.1, -0.05) is 29.3 Å². The Morgan fingerprint density at radius 2 is 1.76 bits per heavy atom. The SMILES string of the molecule is CCOc1ccc(N2C[C@H](C(=O)NNc3ccc(OCc4c(Cl)cccc4Cl)c(OC)c3)CC2=O)cc1. The van der Waals surface area contributed by atoms with Crippen molar-refractivity contribution in [1.82, 2.24) is 5.43 Å². The maximum atomic E-state index is 12.8. The number of hydrogen-bond acceptors (Lipinski definition) is 6. The lowest BCUT2D eigenvalue weighted by atomic mass is 10.1. The molecular formula is C27H27Cl2N3O5. The molecule has 0 unspecified atom stereocenters. The fourth-order valence-electron chi connectivity index (χ4n) is 3.94. The van der Waals surface area contributed by atoms with Gasteiger partial charge in [0.2, 0.25) is 11.8 Å². The molecule has 2 amide bonds. The van der Waals surface area contributed by atoms with E-state index in [1.54, 1.807) is 41.3 Å². The molecule has 10 heteroatoms. The molecule has 37 heavy (non-hydrogen) atoms. The lowest BCUT2D eigenvalue weighted by molar-refractivity contribution is -0.125. The van der Waals surface area contributed by atoms with E-state index in [4.69, 9.17) is 37.4 Å². The Hall–Kier alpha value is -3.62. The van der Waals surface area contributed by atoms with Gasteiger partial charge in [0.15, 0.2) is 11.5 Å². The van der Waals surface area contributed by atoms with Crippen LogP contribution in [-0.4, -0.2) is 32.1 Å². The Kier molecular flexibility index (Phi) is 8.63. The van der Waals surface area contributed by atoms with Gasteiger partial charge in [0.1, 0.15) is 12.4 Å². The van der Waals surface area contributed by atoms with Crippen LogP contribution < -0.4 is 30.0 Å². The minimum absolute atomic E-state index is 0.105. The molecule has 1 saturated heterocycles. The number of halogens is 2. The van der Waals surface area contributed by atoms with Crippen LogP contribution >= 0.6 is 23.2 Å². The largest absolute Gasteiger partial charge is 0.494 e. The monoisotopic (exact) mass is 543 g/mol. The summed E-state index contributed by atoms with van der Waals surface area (Å²) in [6.45, 7) is 2.93. The van der Waals surface area contributed by atoms with Crippen LogP contribution in [0.15, 0.2) is 60.7 Å². The molecule has 1 heterocycles. The summed E-state index contributed by atoms with van der Waals surface area (Å²) in [4.78, 5) is 26.9. The van der Waals surface area contributed by atoms with E-state index in [2.05, 4.69) is 10.9 Å². The number of ether oxygens (including phenoxy) is 3. The quantitative estimate of drug-likeness (QED) is 0.329. The standard InChI is InChI=1S/C27H27Cl2N3O5/c1-3-36-20-10-8-19(9-11-20)32-15-17(13-26(32)33)27(34)31-30-18-7-12-24(25(14-18)35-2)37-16-21-22(28)5-4-6-23(21)29/h4-12,14,17,30H,3,13,15-16H2,1-2H3,(H,31,34)/t17-/m1/s1. The zero-order chi connectivity index (χ0) is 26.4. The van der Waals surface area contributed by atoms with Crippen molar-refractivity contribution in [2.24, 2.45) is 5.92 Å². The van der Waals surface area contributed by atoms with Gasteiger partial charge < -0.3 is 19.1 Å². The maximum absolute atomic E-state index is 12.8. The number of amides is 2. The van der Waals surface area contributed by atoms with E-state index in [0.717, 1.165) is 11.4 Å². The van der Waals surface area contributed by atoms with Gasteiger partial charge in [-0.05, 0) is 55.5 Å². The van der Waals surface area contributed by atoms with Gasteiger partial charge >= 0.3 is 0 Å². The van der Waals surface area contributed by atoms with Crippen molar-refractivity contribution < 1.29 is 23.8 Å². The Bertz CT molecular complexity index is 1250. The second-order valence-corrected chi connectivity index (χ2v) is 9.12. The molecule has 1 fully saturated rings. The lowest BCUT2D eigenvalue weighted by Crippen LogP contribution is -2.36. The molecule has 0 aromatic heterocycles. The van der Waals surface area contributed by atoms with Gasteiger partial charge in [0.05, 0.1) is 25.3 Å². The normalized spacial score (nSPS) is 14.9. The lowest BCUT2D eigenvalue weighted by Gasteiger charge is -2.18. The average Bonchev–Trinajstić information content (AvgIpc) is 3.29. The van der Waals surface area contributed by atoms with Gasteiger partial charge in [-0.2, -0.15) is 0 Å². The number of anilines is 2. The molecule has 2 N–H and O–H groups in total. The molecule has 194 valence electrons. The number of nitrogens with one attached hydrogen (secondary N) is 2. The minimum Gasteiger partial charge on any atom is -0.494 e. The van der Waals surface area contributed by atoms with Gasteiger partial charge in [-0.15, -0.1) is 0 Å². The highest BCUT2D eigenvalue weighted by Crippen LogP contribution is 2.33. The van der Waals surface area contributed by atoms with E-state index >= 15 is 0 Å². The number of carbonyl (C=O) groups excluding carboxylic acids is 2. The molecule has 0 spiro atoms. The smallest absolute Gasteiger partial charge is 0.243 e. The third-order valence-electron chi connectivity index (χ3n) is 5.88. The minimum atomic E-state index is -0.489. The first-order valence-electron chi connectivity index (χ1n) is 11.7. The van der Waals surface area contributed by atoms with E-state index in [-0.39, 0.29) is 24.8 Å². The van der Waals surface area contributed by atoms with Gasteiger partial charge in [0, 0.05) is 40.3 Å². The first-order chi connectivity index (χ1) is 17.9. The summed E-state index contributed by atoms with van der Waals surface area (Å²) in [5.41, 5.74) is 7.56. The second-order valence-electron chi connectivity index (χ2n) is 8.30. The highest BCUT2D eigenvalue weighted by molar-refractivity contribution is 6.35. The summed E-state index contributed by atoms with van der Waals surface area (Å²) >= 11 is 12.4. The Labute approximate surface area is 225 Å². The van der Waals surface area contributed by atoms with Crippen molar-refractivity contribution in [1.29, 1.82) is 0 Å². The van der Waals surface area contributed by atoms with Crippen LogP contribution in [0, 0.1) is 5.92 Å². The van der Waals surface area contributed by atoms with Crippen molar-refractivity contribution in [2.75, 3.05) is 30.6 Å². The average molecular weight is 544 g/mol. The van der Waals surface area contributed by atoms with Gasteiger partial charge in [-0.3, -0.25) is 20.4 Å². The number of benzene rings is 3. The van der Waals surface area contributed by atoms with Crippen molar-refractivity contribution in [3.8, 4) is 17.2 Å². The molecule has 3 aromatic rings. The topological polar surface area (TPSA) is 89.1 Å². The highest BCUT2D eigenvalue weighted by atomic mass is 35.5. The maximum Gasteiger partial charge on any atom is 0.243 e. The van der Waals surface area contributed by atoms with Crippen molar-refractivity contribution >= 4 is 46.4 Å². The van der Waals surface area contributed by atoms with E-state index in [1.165, 1.54) is 7.11 Å². The number of methoxy groups -OCH3 is 1. The summed E-state index contributed by atoms with van der Waals surface area (Å²) in [6.07, 6.45) is 0.126. The summed E-state index contributed by atoms with van der Waals surface area (Å²) in [6, 6.07) is 17.6. The van der Waals surface area contributed by atoms with E-state index in [9.17, 15) is 9.59 Å². The summed E-state index contributed by atoms with van der Waals surface area (Å²) in [7, 11) is 1.52. The van der Waals surface area contributed by atoms with Crippen LogP contribution in [0.1, 0.15) is 18.9 Å². The van der Waals surface area contributed by atoms with Crippen LogP contribution in [0.3, 0.4) is 0 Å². The summed E-state index contributed by atoms with van der Waals surface area (Å²) < 4.78 is 16.8. The molecule has 0 saturated carbocycles. The molecule has 1 atom stereocenters. The predicted octanol–water partition coefficient (Wildman–Crippen LogP) is 5.48. The predicted molar refractivity (Wildman–Crippen MR) is 144 cm³/mol. The van der Waals surface area contributed by atoms with Crippen molar-refractivity contribution in [3.05, 3.63) is 76.3 Å². The third kappa shape index (κ3) is 6.39. The van der Waals surface area contributed by atoms with Gasteiger partial charge in [-0.25, -0.2) is 0 Å². The number of carbonyl (C=O) groups is 2. The fraction of sp³-hybridized carbons (Fsp3) is 0.259. The van der Waals surface area contributed by atoms with Crippen LogP contribution in [0.5, 0.6) is 17.2 Å². The summed E-state index contributed by atoms with van der Waals surface area (Å²) in [5, 5.41) is 1.03. The van der Waals surface area contributed by atoms with Crippen LogP contribution in [0.2, 0.25) is 10.0 Å². The Balaban J connectivity index is 1.33. The molecule has 8 nitrogen and oxygen atoms in total. The second kappa shape index (κ2) is 12.1. The molecule has 4 rings (SSSR count). The Morgan fingerprint density at radius 3 is 2.43 bits per heavy atom. The van der Waals surface area contributed by atoms with E-state index in [0.29, 0.717) is 45.9 Å². The molecule has 0 aliphatic carbocycles. The molecular weight excluding hydrogens is 517 g/mol. The zero-order valence-corrected chi connectivity index (χ0v) is 21.9. The first kappa shape index (κ1) is 26.4. The van der Waals surface area contributed by atoms with Crippen molar-refractivity contribution in [3.63, 3.8) is 0 Å². The molecule has 1 aliphatic heterocycles. The molecule has 3 aromatic carbocycles. The highest BCUT2D eigenvalue weighted by Gasteiger charge is 2.35. The third-order valence-corrected chi connectivity index (χ3v) is 6.59. The van der Waals surface area contributed by atoms with E-state index < -0.39 is 5.92 Å². The van der Waals surface area contributed by atoms with Gasteiger partial charge in [0.25, 0.3) is 0 Å². The molecule has 0 bridgehead atoms. The number of nitrogens with zero attached hydrogens (tertiary/aromatic N) is 1. The number of rotatable bonds is 10. The molecule has 0 radical (unpaired) electrons. The van der Waals surface area contributed by atoms with Crippen LogP contribution in [0.25, 0.3) is 0 Å². The summed E-state index contributed by atoms with van der Waals surface area (Å²) in [5.74, 6) is 0.802. The van der Waals surface area contributed by atoms with E-state index in [1.807, 2.05) is 31.2 Å². The first-order valence-corrected chi connectivity index (χ1v) is 12.5. The number of hydrogen-bond donors (Lipinski definition) is 2. The molecule has 1 aliphatic rings. The number of hydrazine groups is 1. The van der Waals surface area contributed by atoms with Crippen molar-refractivity contribution in [2.45, 2.75) is 20.0 Å². The van der Waals surface area contributed by atoms with Crippen LogP contribution in [0.4, 0.5) is 11.4 Å². The van der Waals surface area contributed by atoms with Crippen LogP contribution in [-0.2, 0) is 16.2 Å². The Morgan fingerprint density at radius 1 is 1.03 bits per heavy atom.